The predicted octanol–water partition coefficient (Wildman–Crippen LogP) is 4.79. The van der Waals surface area contributed by atoms with Crippen molar-refractivity contribution >= 4 is 32.6 Å². The van der Waals surface area contributed by atoms with Crippen LogP contribution in [0.1, 0.15) is 74.9 Å². The topological polar surface area (TPSA) is 0 Å². The molecule has 2 aromatic carbocycles. The Labute approximate surface area is 170 Å². The molecule has 26 heavy (non-hydrogen) atoms. The standard InChI is InChI=1S/C24H34GeSi/c1-15-11-19(23(5,6)7)12-16(2)21(15)26(25)22-17(3)13-20(14-18(22)4)24(8,9)10/h11-14H,1-10H3. The summed E-state index contributed by atoms with van der Waals surface area (Å²) in [4.78, 5) is 0. The molecule has 2 rings (SSSR count). The van der Waals surface area contributed by atoms with Gasteiger partial charge in [0.15, 0.2) is 0 Å². The van der Waals surface area contributed by atoms with Crippen molar-refractivity contribution in [3.63, 3.8) is 0 Å². The fraction of sp³-hybridized carbons (Fsp3) is 0.500. The van der Waals surface area contributed by atoms with Gasteiger partial charge in [0.2, 0.25) is 0 Å². The zero-order chi connectivity index (χ0) is 20.0. The second-order valence-corrected chi connectivity index (χ2v) is 14.7. The van der Waals surface area contributed by atoms with Gasteiger partial charge in [-0.05, 0) is 0 Å². The summed E-state index contributed by atoms with van der Waals surface area (Å²) in [5.41, 5.74) is 9.15. The van der Waals surface area contributed by atoms with Gasteiger partial charge in [0.1, 0.15) is 0 Å². The van der Waals surface area contributed by atoms with Gasteiger partial charge in [-0.1, -0.05) is 0 Å². The van der Waals surface area contributed by atoms with Crippen molar-refractivity contribution in [2.45, 2.75) is 80.1 Å². The Morgan fingerprint density at radius 2 is 0.808 bits per heavy atom. The zero-order valence-corrected chi connectivity index (χ0v) is 21.4. The van der Waals surface area contributed by atoms with E-state index in [4.69, 9.17) is 0 Å². The van der Waals surface area contributed by atoms with Gasteiger partial charge in [-0.3, -0.25) is 0 Å². The van der Waals surface area contributed by atoms with Crippen LogP contribution in [0.4, 0.5) is 0 Å². The Balaban J connectivity index is 2.61. The van der Waals surface area contributed by atoms with E-state index in [9.17, 15) is 0 Å². The number of aryl methyl sites for hydroxylation is 4. The van der Waals surface area contributed by atoms with Crippen LogP contribution in [0.3, 0.4) is 0 Å². The van der Waals surface area contributed by atoms with E-state index in [1.165, 1.54) is 33.4 Å². The average molecular weight is 423 g/mol. The minimum atomic E-state index is -0.788. The third kappa shape index (κ3) is 4.36. The summed E-state index contributed by atoms with van der Waals surface area (Å²) in [6.45, 7) is 22.3. The SMILES string of the molecule is Cc1cc(C(C)(C)C)cc(C)c1[Si](=[Ge])c1c(C)cc(C(C)(C)C)cc1C. The molecule has 0 spiro atoms. The van der Waals surface area contributed by atoms with Crippen molar-refractivity contribution in [1.29, 1.82) is 0 Å². The van der Waals surface area contributed by atoms with Crippen LogP contribution in [0.2, 0.25) is 0 Å². The third-order valence-electron chi connectivity index (χ3n) is 5.30. The first-order valence-electron chi connectivity index (χ1n) is 9.56. The van der Waals surface area contributed by atoms with Crippen LogP contribution < -0.4 is 10.4 Å². The van der Waals surface area contributed by atoms with Crippen LogP contribution in [-0.4, -0.2) is 22.2 Å². The van der Waals surface area contributed by atoms with Gasteiger partial charge in [-0.2, -0.15) is 0 Å². The Morgan fingerprint density at radius 1 is 0.577 bits per heavy atom. The molecule has 0 nitrogen and oxygen atoms in total. The van der Waals surface area contributed by atoms with Crippen molar-refractivity contribution in [1.82, 2.24) is 0 Å². The van der Waals surface area contributed by atoms with Gasteiger partial charge in [0.05, 0.1) is 0 Å². The first-order chi connectivity index (χ1) is 11.7. The summed E-state index contributed by atoms with van der Waals surface area (Å²) in [7, 11) is 0. The fourth-order valence-corrected chi connectivity index (χ4v) is 10.8. The minimum absolute atomic E-state index is 0.203. The van der Waals surface area contributed by atoms with Crippen molar-refractivity contribution in [3.05, 3.63) is 57.6 Å². The van der Waals surface area contributed by atoms with Crippen molar-refractivity contribution in [3.8, 4) is 0 Å². The molecule has 2 aromatic rings. The Kier molecular flexibility index (Phi) is 6.05. The van der Waals surface area contributed by atoms with Gasteiger partial charge in [-0.15, -0.1) is 0 Å². The fourth-order valence-electron chi connectivity index (χ4n) is 3.71. The van der Waals surface area contributed by atoms with Gasteiger partial charge in [-0.25, -0.2) is 0 Å². The Bertz CT molecular complexity index is 743. The van der Waals surface area contributed by atoms with Crippen LogP contribution in [0, 0.1) is 27.7 Å². The van der Waals surface area contributed by atoms with Gasteiger partial charge >= 0.3 is 170 Å². The molecule has 0 atom stereocenters. The van der Waals surface area contributed by atoms with Gasteiger partial charge < -0.3 is 0 Å². The molecule has 138 valence electrons. The monoisotopic (exact) mass is 424 g/mol. The summed E-state index contributed by atoms with van der Waals surface area (Å²) < 4.78 is 0. The second-order valence-electron chi connectivity index (χ2n) is 9.85. The van der Waals surface area contributed by atoms with Crippen molar-refractivity contribution in [2.24, 2.45) is 0 Å². The summed E-state index contributed by atoms with van der Waals surface area (Å²) in [6, 6.07) is 9.69. The second kappa shape index (κ2) is 7.31. The quantitative estimate of drug-likeness (QED) is 0.610. The van der Waals surface area contributed by atoms with E-state index in [1.54, 1.807) is 10.4 Å². The first kappa shape index (κ1) is 21.5. The molecule has 0 aliphatic rings. The molecule has 0 unspecified atom stereocenters. The molecular weight excluding hydrogens is 389 g/mol. The maximum atomic E-state index is 2.48. The summed E-state index contributed by atoms with van der Waals surface area (Å²) in [5, 5.41) is 3.19. The molecule has 0 saturated heterocycles. The molecule has 0 aliphatic heterocycles. The van der Waals surface area contributed by atoms with Crippen LogP contribution in [0.25, 0.3) is 0 Å². The summed E-state index contributed by atoms with van der Waals surface area (Å²) >= 11 is 2.48. The van der Waals surface area contributed by atoms with Crippen molar-refractivity contribution in [2.75, 3.05) is 0 Å². The van der Waals surface area contributed by atoms with Gasteiger partial charge in [0, 0.05) is 0 Å². The normalized spacial score (nSPS) is 12.4. The van der Waals surface area contributed by atoms with Crippen molar-refractivity contribution < 1.29 is 0 Å². The molecule has 0 N–H and O–H groups in total. The van der Waals surface area contributed by atoms with Crippen LogP contribution in [0.5, 0.6) is 0 Å². The molecule has 2 heteroatoms. The third-order valence-corrected chi connectivity index (χ3v) is 11.0. The van der Waals surface area contributed by atoms with Crippen LogP contribution in [-0.2, 0) is 10.8 Å². The molecule has 0 aromatic heterocycles. The molecule has 0 saturated carbocycles. The summed E-state index contributed by atoms with van der Waals surface area (Å²) in [6.07, 6.45) is 0. The zero-order valence-electron chi connectivity index (χ0n) is 18.3. The Morgan fingerprint density at radius 3 is 1.00 bits per heavy atom. The van der Waals surface area contributed by atoms with E-state index in [0.29, 0.717) is 0 Å². The molecule has 0 aliphatic carbocycles. The molecule has 0 bridgehead atoms. The number of rotatable bonds is 2. The van der Waals surface area contributed by atoms with Gasteiger partial charge in [0.25, 0.3) is 0 Å². The van der Waals surface area contributed by atoms with Crippen LogP contribution in [0.15, 0.2) is 24.3 Å². The first-order valence-corrected chi connectivity index (χ1v) is 14.2. The van der Waals surface area contributed by atoms with Crippen LogP contribution >= 0.6 is 0 Å². The molecule has 2 radical (unpaired) electrons. The van der Waals surface area contributed by atoms with E-state index in [-0.39, 0.29) is 10.8 Å². The average Bonchev–Trinajstić information content (AvgIpc) is 2.43. The van der Waals surface area contributed by atoms with E-state index in [1.807, 2.05) is 0 Å². The maximum absolute atomic E-state index is 2.48. The van der Waals surface area contributed by atoms with E-state index >= 15 is 0 Å². The van der Waals surface area contributed by atoms with E-state index in [2.05, 4.69) is 109 Å². The molecular formula is C24H34GeSi. The number of hydrogen-bond acceptors (Lipinski definition) is 0. The predicted molar refractivity (Wildman–Crippen MR) is 120 cm³/mol. The van der Waals surface area contributed by atoms with E-state index in [0.717, 1.165) is 0 Å². The summed E-state index contributed by atoms with van der Waals surface area (Å²) in [5.74, 6) is 0. The molecule has 0 amide bonds. The number of benzene rings is 2. The number of hydrogen-bond donors (Lipinski definition) is 0. The van der Waals surface area contributed by atoms with E-state index < -0.39 is 6.86 Å². The Hall–Kier alpha value is -0.800. The molecule has 0 fully saturated rings. The molecule has 0 heterocycles.